The topological polar surface area (TPSA) is 101 Å². The summed E-state index contributed by atoms with van der Waals surface area (Å²) in [5.74, 6) is -0.0854. The first kappa shape index (κ1) is 17.5. The van der Waals surface area contributed by atoms with E-state index in [1.165, 1.54) is 4.90 Å². The van der Waals surface area contributed by atoms with Crippen molar-refractivity contribution in [2.24, 2.45) is 0 Å². The van der Waals surface area contributed by atoms with Gasteiger partial charge in [0.1, 0.15) is 5.69 Å². The van der Waals surface area contributed by atoms with Gasteiger partial charge in [0, 0.05) is 25.7 Å². The third-order valence-electron chi connectivity index (χ3n) is 5.51. The number of carbonyl (C=O) groups is 2. The number of imidazole rings is 1. The van der Waals surface area contributed by atoms with Crippen molar-refractivity contribution in [1.82, 2.24) is 19.8 Å². The minimum Gasteiger partial charge on any atom is -0.347 e. The molecular weight excluding hydrogens is 356 g/mol. The van der Waals surface area contributed by atoms with Gasteiger partial charge in [-0.15, -0.1) is 0 Å². The van der Waals surface area contributed by atoms with Gasteiger partial charge in [-0.25, -0.2) is 13.4 Å². The SMILES string of the molecule is CN(C(=O)c1nc(C(=O)NC2CC2)n2c1CCCC2)C1CCS(=O)(=O)C1. The Labute approximate surface area is 152 Å². The molecule has 1 unspecified atom stereocenters. The van der Waals surface area contributed by atoms with Gasteiger partial charge in [0.05, 0.1) is 17.2 Å². The quantitative estimate of drug-likeness (QED) is 0.813. The average molecular weight is 380 g/mol. The van der Waals surface area contributed by atoms with Gasteiger partial charge in [0.2, 0.25) is 0 Å². The van der Waals surface area contributed by atoms with Crippen LogP contribution in [0.4, 0.5) is 0 Å². The average Bonchev–Trinajstić information content (AvgIpc) is 3.22. The lowest BCUT2D eigenvalue weighted by atomic mass is 10.1. The maximum absolute atomic E-state index is 13.0. The predicted octanol–water partition coefficient (Wildman–Crippen LogP) is 0.371. The molecule has 3 heterocycles. The van der Waals surface area contributed by atoms with Gasteiger partial charge in [0.25, 0.3) is 11.8 Å². The van der Waals surface area contributed by atoms with Crippen LogP contribution in [0.15, 0.2) is 0 Å². The van der Waals surface area contributed by atoms with Crippen molar-refractivity contribution < 1.29 is 18.0 Å². The fourth-order valence-corrected chi connectivity index (χ4v) is 5.55. The molecule has 3 aliphatic rings. The van der Waals surface area contributed by atoms with E-state index in [1.54, 1.807) is 7.05 Å². The largest absolute Gasteiger partial charge is 0.347 e. The molecule has 1 aromatic heterocycles. The number of nitrogens with one attached hydrogen (secondary N) is 1. The van der Waals surface area contributed by atoms with Crippen LogP contribution in [0, 0.1) is 0 Å². The molecular formula is C17H24N4O4S. The Kier molecular flexibility index (Phi) is 4.29. The summed E-state index contributed by atoms with van der Waals surface area (Å²) in [6.07, 6.45) is 5.06. The smallest absolute Gasteiger partial charge is 0.287 e. The first-order valence-electron chi connectivity index (χ1n) is 9.23. The second-order valence-electron chi connectivity index (χ2n) is 7.56. The van der Waals surface area contributed by atoms with Crippen LogP contribution in [0.1, 0.15) is 58.9 Å². The fraction of sp³-hybridized carbons (Fsp3) is 0.706. The Morgan fingerprint density at radius 1 is 1.23 bits per heavy atom. The minimum absolute atomic E-state index is 0.000303. The maximum atomic E-state index is 13.0. The highest BCUT2D eigenvalue weighted by molar-refractivity contribution is 7.91. The van der Waals surface area contributed by atoms with Crippen LogP contribution in [0.3, 0.4) is 0 Å². The summed E-state index contributed by atoms with van der Waals surface area (Å²) in [5.41, 5.74) is 1.10. The molecule has 1 saturated carbocycles. The first-order valence-corrected chi connectivity index (χ1v) is 11.1. The van der Waals surface area contributed by atoms with E-state index in [0.717, 1.165) is 31.4 Å². The summed E-state index contributed by atoms with van der Waals surface area (Å²) in [7, 11) is -1.44. The maximum Gasteiger partial charge on any atom is 0.287 e. The van der Waals surface area contributed by atoms with Gasteiger partial charge in [-0.2, -0.15) is 0 Å². The molecule has 0 aromatic carbocycles. The van der Waals surface area contributed by atoms with E-state index in [9.17, 15) is 18.0 Å². The highest BCUT2D eigenvalue weighted by Gasteiger charge is 2.36. The van der Waals surface area contributed by atoms with Crippen molar-refractivity contribution in [1.29, 1.82) is 0 Å². The lowest BCUT2D eigenvalue weighted by Crippen LogP contribution is -2.38. The molecule has 1 atom stereocenters. The van der Waals surface area contributed by atoms with Crippen molar-refractivity contribution >= 4 is 21.7 Å². The van der Waals surface area contributed by atoms with Gasteiger partial charge >= 0.3 is 0 Å². The number of amides is 2. The van der Waals surface area contributed by atoms with Crippen LogP contribution < -0.4 is 5.32 Å². The van der Waals surface area contributed by atoms with Crippen molar-refractivity contribution in [3.8, 4) is 0 Å². The Hall–Kier alpha value is -1.90. The second-order valence-corrected chi connectivity index (χ2v) is 9.79. The monoisotopic (exact) mass is 380 g/mol. The fourth-order valence-electron chi connectivity index (χ4n) is 3.78. The molecule has 1 saturated heterocycles. The molecule has 0 spiro atoms. The molecule has 2 aliphatic heterocycles. The minimum atomic E-state index is -3.07. The van der Waals surface area contributed by atoms with Crippen molar-refractivity contribution in [3.63, 3.8) is 0 Å². The van der Waals surface area contributed by atoms with E-state index in [1.807, 2.05) is 4.57 Å². The molecule has 1 aliphatic carbocycles. The number of carbonyl (C=O) groups excluding carboxylic acids is 2. The highest BCUT2D eigenvalue weighted by Crippen LogP contribution is 2.25. The standard InChI is InChI=1S/C17H24N4O4S/c1-20(12-7-9-26(24,25)10-12)17(23)14-13-4-2-3-8-21(13)15(19-14)16(22)18-11-5-6-11/h11-12H,2-10H2,1H3,(H,18,22). The van der Waals surface area contributed by atoms with Crippen molar-refractivity contribution in [2.75, 3.05) is 18.6 Å². The Morgan fingerprint density at radius 2 is 2.00 bits per heavy atom. The number of aromatic nitrogens is 2. The second kappa shape index (κ2) is 6.37. The lowest BCUT2D eigenvalue weighted by Gasteiger charge is -2.23. The molecule has 0 radical (unpaired) electrons. The zero-order valence-corrected chi connectivity index (χ0v) is 15.7. The molecule has 2 fully saturated rings. The molecule has 0 bridgehead atoms. The molecule has 2 amide bonds. The van der Waals surface area contributed by atoms with Crippen molar-refractivity contribution in [2.45, 2.75) is 57.2 Å². The van der Waals surface area contributed by atoms with E-state index in [-0.39, 0.29) is 35.4 Å². The highest BCUT2D eigenvalue weighted by atomic mass is 32.2. The van der Waals surface area contributed by atoms with Crippen LogP contribution in [-0.2, 0) is 22.8 Å². The zero-order chi connectivity index (χ0) is 18.5. The Bertz CT molecular complexity index is 856. The van der Waals surface area contributed by atoms with Crippen LogP contribution in [0.2, 0.25) is 0 Å². The molecule has 9 heteroatoms. The summed E-state index contributed by atoms with van der Waals surface area (Å²) in [6, 6.07) is -0.0956. The Morgan fingerprint density at radius 3 is 2.65 bits per heavy atom. The Balaban J connectivity index is 1.62. The molecule has 142 valence electrons. The number of hydrogen-bond donors (Lipinski definition) is 1. The van der Waals surface area contributed by atoms with E-state index < -0.39 is 9.84 Å². The third-order valence-corrected chi connectivity index (χ3v) is 7.26. The van der Waals surface area contributed by atoms with Crippen LogP contribution >= 0.6 is 0 Å². The van der Waals surface area contributed by atoms with Crippen molar-refractivity contribution in [3.05, 3.63) is 17.2 Å². The summed E-state index contributed by atoms with van der Waals surface area (Å²) >= 11 is 0. The van der Waals surface area contributed by atoms with E-state index in [0.29, 0.717) is 30.9 Å². The number of hydrogen-bond acceptors (Lipinski definition) is 5. The predicted molar refractivity (Wildman–Crippen MR) is 94.8 cm³/mol. The van der Waals surface area contributed by atoms with Gasteiger partial charge in [-0.1, -0.05) is 0 Å². The third kappa shape index (κ3) is 3.24. The normalized spacial score (nSPS) is 24.1. The summed E-state index contributed by atoms with van der Waals surface area (Å²) in [5, 5.41) is 2.94. The summed E-state index contributed by atoms with van der Waals surface area (Å²) < 4.78 is 25.3. The zero-order valence-electron chi connectivity index (χ0n) is 14.9. The molecule has 26 heavy (non-hydrogen) atoms. The van der Waals surface area contributed by atoms with E-state index in [4.69, 9.17) is 0 Å². The van der Waals surface area contributed by atoms with Gasteiger partial charge < -0.3 is 14.8 Å². The first-order chi connectivity index (χ1) is 12.4. The summed E-state index contributed by atoms with van der Waals surface area (Å²) in [6.45, 7) is 0.685. The van der Waals surface area contributed by atoms with Gasteiger partial charge in [-0.05, 0) is 38.5 Å². The number of rotatable bonds is 4. The van der Waals surface area contributed by atoms with Crippen LogP contribution in [0.25, 0.3) is 0 Å². The lowest BCUT2D eigenvalue weighted by molar-refractivity contribution is 0.0740. The molecule has 4 rings (SSSR count). The number of fused-ring (bicyclic) bond motifs is 1. The van der Waals surface area contributed by atoms with E-state index in [2.05, 4.69) is 10.3 Å². The molecule has 1 N–H and O–H groups in total. The molecule has 1 aromatic rings. The van der Waals surface area contributed by atoms with Gasteiger partial charge in [0.15, 0.2) is 15.7 Å². The van der Waals surface area contributed by atoms with Crippen LogP contribution in [0.5, 0.6) is 0 Å². The van der Waals surface area contributed by atoms with Crippen LogP contribution in [-0.4, -0.2) is 65.3 Å². The van der Waals surface area contributed by atoms with Gasteiger partial charge in [-0.3, -0.25) is 9.59 Å². The van der Waals surface area contributed by atoms with E-state index >= 15 is 0 Å². The number of sulfone groups is 1. The molecule has 8 nitrogen and oxygen atoms in total. The summed E-state index contributed by atoms with van der Waals surface area (Å²) in [4.78, 5) is 31.4. The number of nitrogens with zero attached hydrogens (tertiary/aromatic N) is 3.